The van der Waals surface area contributed by atoms with Gasteiger partial charge in [-0.25, -0.2) is 0 Å². The zero-order chi connectivity index (χ0) is 43.3. The molecule has 0 N–H and O–H groups in total. The van der Waals surface area contributed by atoms with Crippen LogP contribution >= 0.6 is 0 Å². The molecule has 308 valence electrons. The molecule has 0 amide bonds. The summed E-state index contributed by atoms with van der Waals surface area (Å²) in [6, 6.07) is 86.0. The molecule has 2 heterocycles. The first-order chi connectivity index (χ1) is 32.8. The SMILES string of the molecule is c1ccc2c(c1)Cc1ccccc1N2c1ccc(-c2cc3cc(-c4ccc(N5c6ccccc6Cc6ccccc65)c5ccccc45)c4ccccc4c3c3ccccc23)c2ccccc12. The van der Waals surface area contributed by atoms with Crippen molar-refractivity contribution in [3.8, 4) is 22.3 Å². The van der Waals surface area contributed by atoms with Gasteiger partial charge in [-0.2, -0.15) is 0 Å². The highest BCUT2D eigenvalue weighted by atomic mass is 15.2. The zero-order valence-corrected chi connectivity index (χ0v) is 36.2. The van der Waals surface area contributed by atoms with Gasteiger partial charge in [0.1, 0.15) is 0 Å². The van der Waals surface area contributed by atoms with E-state index in [1.54, 1.807) is 0 Å². The highest BCUT2D eigenvalue weighted by molar-refractivity contribution is 6.27. The number of rotatable bonds is 4. The van der Waals surface area contributed by atoms with Crippen LogP contribution in [0.3, 0.4) is 0 Å². The van der Waals surface area contributed by atoms with Gasteiger partial charge in [-0.3, -0.25) is 0 Å². The maximum absolute atomic E-state index is 2.48. The van der Waals surface area contributed by atoms with E-state index >= 15 is 0 Å². The minimum Gasteiger partial charge on any atom is -0.309 e. The van der Waals surface area contributed by atoms with E-state index in [1.807, 2.05) is 0 Å². The van der Waals surface area contributed by atoms with E-state index in [-0.39, 0.29) is 0 Å². The Morgan fingerprint density at radius 3 is 0.879 bits per heavy atom. The van der Waals surface area contributed by atoms with E-state index < -0.39 is 0 Å². The van der Waals surface area contributed by atoms with Crippen molar-refractivity contribution in [2.75, 3.05) is 9.80 Å². The van der Waals surface area contributed by atoms with E-state index in [4.69, 9.17) is 0 Å². The van der Waals surface area contributed by atoms with E-state index in [0.717, 1.165) is 12.8 Å². The molecule has 0 aromatic heterocycles. The summed E-state index contributed by atoms with van der Waals surface area (Å²) in [7, 11) is 0. The summed E-state index contributed by atoms with van der Waals surface area (Å²) >= 11 is 0. The molecular weight excluding hydrogens is 797 g/mol. The van der Waals surface area contributed by atoms with Gasteiger partial charge in [0.25, 0.3) is 0 Å². The van der Waals surface area contributed by atoms with Crippen LogP contribution in [0.1, 0.15) is 22.3 Å². The summed E-state index contributed by atoms with van der Waals surface area (Å²) in [5.74, 6) is 0. The molecule has 2 nitrogen and oxygen atoms in total. The summed E-state index contributed by atoms with van der Waals surface area (Å²) in [5.41, 5.74) is 17.7. The predicted octanol–water partition coefficient (Wildman–Crippen LogP) is 17.5. The molecule has 0 aliphatic carbocycles. The van der Waals surface area contributed by atoms with Gasteiger partial charge in [-0.05, 0) is 136 Å². The van der Waals surface area contributed by atoms with Crippen LogP contribution in [0.4, 0.5) is 34.1 Å². The molecule has 12 aromatic carbocycles. The first kappa shape index (κ1) is 37.0. The maximum atomic E-state index is 2.48. The largest absolute Gasteiger partial charge is 0.309 e. The summed E-state index contributed by atoms with van der Waals surface area (Å²) < 4.78 is 0. The van der Waals surface area contributed by atoms with Crippen LogP contribution in [0.5, 0.6) is 0 Å². The van der Waals surface area contributed by atoms with Crippen molar-refractivity contribution in [3.05, 3.63) is 253 Å². The van der Waals surface area contributed by atoms with Crippen molar-refractivity contribution in [3.63, 3.8) is 0 Å². The third-order valence-electron chi connectivity index (χ3n) is 14.4. The second-order valence-corrected chi connectivity index (χ2v) is 17.9. The second-order valence-electron chi connectivity index (χ2n) is 17.9. The van der Waals surface area contributed by atoms with Gasteiger partial charge in [-0.15, -0.1) is 0 Å². The Bertz CT molecular complexity index is 3630. The fraction of sp³-hybridized carbons (Fsp3) is 0.0312. The van der Waals surface area contributed by atoms with Gasteiger partial charge < -0.3 is 9.80 Å². The van der Waals surface area contributed by atoms with Crippen LogP contribution in [0, 0.1) is 0 Å². The van der Waals surface area contributed by atoms with Crippen LogP contribution in [-0.2, 0) is 12.8 Å². The highest BCUT2D eigenvalue weighted by Gasteiger charge is 2.28. The summed E-state index contributed by atoms with van der Waals surface area (Å²) in [5, 5.41) is 12.5. The number of hydrogen-bond donors (Lipinski definition) is 0. The Kier molecular flexibility index (Phi) is 8.14. The molecule has 0 fully saturated rings. The Balaban J connectivity index is 0.994. The summed E-state index contributed by atoms with van der Waals surface area (Å²) in [4.78, 5) is 4.96. The quantitative estimate of drug-likeness (QED) is 0.163. The number of anilines is 6. The van der Waals surface area contributed by atoms with Crippen molar-refractivity contribution in [2.24, 2.45) is 0 Å². The molecule has 12 aromatic rings. The van der Waals surface area contributed by atoms with Crippen LogP contribution in [0.15, 0.2) is 231 Å². The number of nitrogens with zero attached hydrogens (tertiary/aromatic N) is 2. The first-order valence-electron chi connectivity index (χ1n) is 23.1. The van der Waals surface area contributed by atoms with Gasteiger partial charge in [0.05, 0.1) is 11.4 Å². The average molecular weight is 839 g/mol. The van der Waals surface area contributed by atoms with E-state index in [2.05, 4.69) is 240 Å². The molecule has 0 spiro atoms. The van der Waals surface area contributed by atoms with Crippen LogP contribution in [0.2, 0.25) is 0 Å². The molecule has 66 heavy (non-hydrogen) atoms. The number of benzene rings is 12. The third kappa shape index (κ3) is 5.49. The lowest BCUT2D eigenvalue weighted by Gasteiger charge is -2.34. The van der Waals surface area contributed by atoms with Gasteiger partial charge in [0.15, 0.2) is 0 Å². The molecular formula is C64H42N2. The third-order valence-corrected chi connectivity index (χ3v) is 14.4. The molecule has 2 aliphatic heterocycles. The average Bonchev–Trinajstić information content (AvgIpc) is 3.38. The van der Waals surface area contributed by atoms with E-state index in [9.17, 15) is 0 Å². The predicted molar refractivity (Wildman–Crippen MR) is 280 cm³/mol. The Morgan fingerprint density at radius 2 is 0.515 bits per heavy atom. The number of para-hydroxylation sites is 4. The second kappa shape index (κ2) is 14.5. The minimum absolute atomic E-state index is 0.931. The monoisotopic (exact) mass is 838 g/mol. The van der Waals surface area contributed by atoms with E-state index in [1.165, 1.54) is 132 Å². The van der Waals surface area contributed by atoms with Gasteiger partial charge >= 0.3 is 0 Å². The fourth-order valence-electron chi connectivity index (χ4n) is 11.6. The molecule has 0 unspecified atom stereocenters. The Labute approximate surface area is 383 Å². The van der Waals surface area contributed by atoms with Gasteiger partial charge in [0.2, 0.25) is 0 Å². The smallest absolute Gasteiger partial charge is 0.0540 e. The molecule has 0 radical (unpaired) electrons. The number of fused-ring (bicyclic) bond motifs is 11. The Hall–Kier alpha value is -8.46. The van der Waals surface area contributed by atoms with Crippen molar-refractivity contribution in [1.29, 1.82) is 0 Å². The molecule has 2 aliphatic rings. The van der Waals surface area contributed by atoms with E-state index in [0.29, 0.717) is 0 Å². The summed E-state index contributed by atoms with van der Waals surface area (Å²) in [6.07, 6.45) is 1.86. The molecule has 0 saturated heterocycles. The fourth-order valence-corrected chi connectivity index (χ4v) is 11.6. The van der Waals surface area contributed by atoms with Crippen molar-refractivity contribution < 1.29 is 0 Å². The minimum atomic E-state index is 0.931. The topological polar surface area (TPSA) is 6.48 Å². The van der Waals surface area contributed by atoms with Crippen molar-refractivity contribution in [2.45, 2.75) is 12.8 Å². The zero-order valence-electron chi connectivity index (χ0n) is 36.2. The van der Waals surface area contributed by atoms with Crippen molar-refractivity contribution >= 4 is 88.0 Å². The maximum Gasteiger partial charge on any atom is 0.0540 e. The molecule has 0 atom stereocenters. The van der Waals surface area contributed by atoms with Crippen LogP contribution < -0.4 is 9.80 Å². The van der Waals surface area contributed by atoms with Gasteiger partial charge in [-0.1, -0.05) is 182 Å². The Morgan fingerprint density at radius 1 is 0.227 bits per heavy atom. The molecule has 0 saturated carbocycles. The first-order valence-corrected chi connectivity index (χ1v) is 23.1. The lowest BCUT2D eigenvalue weighted by Crippen LogP contribution is -2.18. The van der Waals surface area contributed by atoms with Crippen LogP contribution in [0.25, 0.3) is 76.1 Å². The van der Waals surface area contributed by atoms with Crippen molar-refractivity contribution in [1.82, 2.24) is 0 Å². The normalized spacial score (nSPS) is 13.0. The lowest BCUT2D eigenvalue weighted by molar-refractivity contribution is 1.09. The molecule has 14 rings (SSSR count). The highest BCUT2D eigenvalue weighted by Crippen LogP contribution is 2.51. The summed E-state index contributed by atoms with van der Waals surface area (Å²) in [6.45, 7) is 0. The molecule has 2 heteroatoms. The van der Waals surface area contributed by atoms with Gasteiger partial charge in [0, 0.05) is 46.4 Å². The molecule has 0 bridgehead atoms. The number of hydrogen-bond acceptors (Lipinski definition) is 2. The van der Waals surface area contributed by atoms with Crippen LogP contribution in [-0.4, -0.2) is 0 Å². The standard InChI is InChI=1S/C64H42N2/c1-13-29-58-41(17-1)37-42-18-2-14-30-59(42)65(58)62-35-33-50(46-21-5-9-25-52(46)62)56-39-45-40-57(49-24-8-12-28-55(49)64(45)54-27-11-7-23-48(54)56)51-34-36-63(53-26-10-6-22-47(51)53)66-60-31-15-3-19-43(60)38-44-20-4-16-32-61(44)66/h1-36,39-40H,37-38H2. The lowest BCUT2D eigenvalue weighted by atomic mass is 9.85.